The molecule has 0 aromatic heterocycles. The van der Waals surface area contributed by atoms with Gasteiger partial charge in [0.05, 0.1) is 0 Å². The predicted octanol–water partition coefficient (Wildman–Crippen LogP) is 0.454. The topological polar surface area (TPSA) is 108 Å². The summed E-state index contributed by atoms with van der Waals surface area (Å²) in [6.07, 6.45) is 1.31. The van der Waals surface area contributed by atoms with Crippen LogP contribution in [-0.4, -0.2) is 41.6 Å². The van der Waals surface area contributed by atoms with Gasteiger partial charge in [-0.3, -0.25) is 4.79 Å². The van der Waals surface area contributed by atoms with Gasteiger partial charge in [-0.15, -0.1) is 0 Å². The van der Waals surface area contributed by atoms with Gasteiger partial charge < -0.3 is 21.1 Å². The van der Waals surface area contributed by atoms with Crippen LogP contribution in [0.4, 0.5) is 4.79 Å². The summed E-state index contributed by atoms with van der Waals surface area (Å²) in [4.78, 5) is 33.5. The van der Waals surface area contributed by atoms with Crippen molar-refractivity contribution < 1.29 is 19.5 Å². The highest BCUT2D eigenvalue weighted by atomic mass is 16.4. The number of aliphatic carboxylic acids is 1. The monoisotopic (exact) mass is 273 g/mol. The van der Waals surface area contributed by atoms with Crippen LogP contribution < -0.4 is 16.0 Å². The average molecular weight is 273 g/mol. The van der Waals surface area contributed by atoms with Gasteiger partial charge in [-0.25, -0.2) is 9.59 Å². The second kappa shape index (κ2) is 9.18. The minimum atomic E-state index is -1.08. The summed E-state index contributed by atoms with van der Waals surface area (Å²) in [5, 5.41) is 16.3. The highest BCUT2D eigenvalue weighted by Crippen LogP contribution is 1.91. The van der Waals surface area contributed by atoms with E-state index in [0.717, 1.165) is 6.42 Å². The van der Waals surface area contributed by atoms with Gasteiger partial charge in [0.25, 0.3) is 0 Å². The van der Waals surface area contributed by atoms with E-state index in [9.17, 15) is 14.4 Å². The number of rotatable bonds is 8. The van der Waals surface area contributed by atoms with E-state index in [1.807, 2.05) is 13.8 Å². The van der Waals surface area contributed by atoms with Gasteiger partial charge >= 0.3 is 12.0 Å². The van der Waals surface area contributed by atoms with Crippen LogP contribution in [0.25, 0.3) is 0 Å². The third-order valence-electron chi connectivity index (χ3n) is 2.67. The zero-order valence-electron chi connectivity index (χ0n) is 11.7. The minimum Gasteiger partial charge on any atom is -0.480 e. The SMILES string of the molecule is CCC(C)NC(=O)CCNC(=O)N[C@H](CC)C(=O)O. The third kappa shape index (κ3) is 8.01. The Bertz CT molecular complexity index is 320. The number of carboxylic acid groups (broad SMARTS) is 1. The molecule has 0 bridgehead atoms. The van der Waals surface area contributed by atoms with Crippen molar-refractivity contribution in [3.8, 4) is 0 Å². The van der Waals surface area contributed by atoms with Gasteiger partial charge in [0, 0.05) is 19.0 Å². The van der Waals surface area contributed by atoms with Gasteiger partial charge in [0.1, 0.15) is 6.04 Å². The van der Waals surface area contributed by atoms with Crippen molar-refractivity contribution in [1.29, 1.82) is 0 Å². The van der Waals surface area contributed by atoms with Gasteiger partial charge in [-0.2, -0.15) is 0 Å². The van der Waals surface area contributed by atoms with Crippen LogP contribution in [0.5, 0.6) is 0 Å². The molecule has 0 aliphatic rings. The molecule has 0 aliphatic carbocycles. The number of carbonyl (C=O) groups excluding carboxylic acids is 2. The molecule has 0 aromatic rings. The molecule has 19 heavy (non-hydrogen) atoms. The number of amides is 3. The van der Waals surface area contributed by atoms with Gasteiger partial charge in [-0.05, 0) is 19.8 Å². The maximum atomic E-state index is 11.4. The van der Waals surface area contributed by atoms with E-state index in [-0.39, 0.29) is 24.9 Å². The Hall–Kier alpha value is -1.79. The summed E-state index contributed by atoms with van der Waals surface area (Å²) >= 11 is 0. The first-order chi connectivity index (χ1) is 8.90. The first-order valence-corrected chi connectivity index (χ1v) is 6.47. The lowest BCUT2D eigenvalue weighted by Crippen LogP contribution is -2.46. The summed E-state index contributed by atoms with van der Waals surface area (Å²) < 4.78 is 0. The van der Waals surface area contributed by atoms with E-state index in [2.05, 4.69) is 16.0 Å². The molecule has 0 fully saturated rings. The number of carbonyl (C=O) groups is 3. The second-order valence-corrected chi connectivity index (χ2v) is 4.33. The molecule has 7 heteroatoms. The Morgan fingerprint density at radius 1 is 1.11 bits per heavy atom. The van der Waals surface area contributed by atoms with Crippen molar-refractivity contribution in [2.75, 3.05) is 6.54 Å². The first kappa shape index (κ1) is 17.2. The fraction of sp³-hybridized carbons (Fsp3) is 0.750. The molecule has 7 nitrogen and oxygen atoms in total. The molecule has 2 atom stereocenters. The van der Waals surface area contributed by atoms with E-state index in [0.29, 0.717) is 6.42 Å². The molecule has 3 amide bonds. The molecule has 110 valence electrons. The van der Waals surface area contributed by atoms with Crippen molar-refractivity contribution in [2.45, 2.75) is 52.1 Å². The third-order valence-corrected chi connectivity index (χ3v) is 2.67. The molecule has 1 unspecified atom stereocenters. The van der Waals surface area contributed by atoms with Crippen LogP contribution in [-0.2, 0) is 9.59 Å². The molecule has 0 rings (SSSR count). The molecule has 0 aromatic carbocycles. The zero-order chi connectivity index (χ0) is 14.8. The zero-order valence-corrected chi connectivity index (χ0v) is 11.7. The van der Waals surface area contributed by atoms with E-state index in [4.69, 9.17) is 5.11 Å². The van der Waals surface area contributed by atoms with Crippen molar-refractivity contribution in [2.24, 2.45) is 0 Å². The number of nitrogens with one attached hydrogen (secondary N) is 3. The largest absolute Gasteiger partial charge is 0.480 e. The van der Waals surface area contributed by atoms with Crippen molar-refractivity contribution in [3.05, 3.63) is 0 Å². The van der Waals surface area contributed by atoms with Crippen LogP contribution in [0.15, 0.2) is 0 Å². The molecule has 0 aliphatic heterocycles. The normalized spacial score (nSPS) is 13.2. The Balaban J connectivity index is 3.85. The molecule has 0 saturated heterocycles. The maximum Gasteiger partial charge on any atom is 0.326 e. The Kier molecular flexibility index (Phi) is 8.32. The lowest BCUT2D eigenvalue weighted by atomic mass is 10.2. The Labute approximate surface area is 113 Å². The van der Waals surface area contributed by atoms with E-state index < -0.39 is 18.0 Å². The highest BCUT2D eigenvalue weighted by molar-refractivity contribution is 5.83. The Morgan fingerprint density at radius 2 is 1.74 bits per heavy atom. The standard InChI is InChI=1S/C12H23N3O4/c1-4-8(3)14-10(16)6-7-13-12(19)15-9(5-2)11(17)18/h8-9H,4-7H2,1-3H3,(H,14,16)(H,17,18)(H2,13,15,19)/t8?,9-/m1/s1. The average Bonchev–Trinajstić information content (AvgIpc) is 2.35. The second-order valence-electron chi connectivity index (χ2n) is 4.33. The van der Waals surface area contributed by atoms with Gasteiger partial charge in [0.2, 0.25) is 5.91 Å². The molecular formula is C12H23N3O4. The van der Waals surface area contributed by atoms with Crippen LogP contribution in [0.1, 0.15) is 40.0 Å². The molecule has 0 radical (unpaired) electrons. The summed E-state index contributed by atoms with van der Waals surface area (Å²) in [6, 6.07) is -1.38. The molecule has 0 heterocycles. The quantitative estimate of drug-likeness (QED) is 0.515. The number of carboxylic acids is 1. The summed E-state index contributed by atoms with van der Waals surface area (Å²) in [5.41, 5.74) is 0. The first-order valence-electron chi connectivity index (χ1n) is 6.47. The number of hydrogen-bond acceptors (Lipinski definition) is 3. The smallest absolute Gasteiger partial charge is 0.326 e. The lowest BCUT2D eigenvalue weighted by Gasteiger charge is -2.14. The van der Waals surface area contributed by atoms with Crippen LogP contribution in [0.3, 0.4) is 0 Å². The number of urea groups is 1. The van der Waals surface area contributed by atoms with Crippen LogP contribution in [0.2, 0.25) is 0 Å². The van der Waals surface area contributed by atoms with Gasteiger partial charge in [0.15, 0.2) is 0 Å². The van der Waals surface area contributed by atoms with E-state index in [1.165, 1.54) is 0 Å². The summed E-state index contributed by atoms with van der Waals surface area (Å²) in [7, 11) is 0. The van der Waals surface area contributed by atoms with Crippen molar-refractivity contribution in [3.63, 3.8) is 0 Å². The molecule has 4 N–H and O–H groups in total. The van der Waals surface area contributed by atoms with E-state index in [1.54, 1.807) is 6.92 Å². The van der Waals surface area contributed by atoms with Gasteiger partial charge in [-0.1, -0.05) is 13.8 Å². The minimum absolute atomic E-state index is 0.109. The fourth-order valence-corrected chi connectivity index (χ4v) is 1.29. The number of hydrogen-bond donors (Lipinski definition) is 4. The van der Waals surface area contributed by atoms with E-state index >= 15 is 0 Å². The van der Waals surface area contributed by atoms with Crippen molar-refractivity contribution >= 4 is 17.9 Å². The lowest BCUT2D eigenvalue weighted by molar-refractivity contribution is -0.139. The maximum absolute atomic E-state index is 11.4. The Morgan fingerprint density at radius 3 is 2.21 bits per heavy atom. The molecule has 0 spiro atoms. The summed E-state index contributed by atoms with van der Waals surface area (Å²) in [6.45, 7) is 5.70. The molecule has 0 saturated carbocycles. The molecular weight excluding hydrogens is 250 g/mol. The van der Waals surface area contributed by atoms with Crippen LogP contribution in [0, 0.1) is 0 Å². The fourth-order valence-electron chi connectivity index (χ4n) is 1.29. The van der Waals surface area contributed by atoms with Crippen molar-refractivity contribution in [1.82, 2.24) is 16.0 Å². The predicted molar refractivity (Wildman–Crippen MR) is 70.8 cm³/mol. The van der Waals surface area contributed by atoms with Crippen LogP contribution >= 0.6 is 0 Å². The highest BCUT2D eigenvalue weighted by Gasteiger charge is 2.17. The summed E-state index contributed by atoms with van der Waals surface area (Å²) in [5.74, 6) is -1.22.